The van der Waals surface area contributed by atoms with Crippen LogP contribution in [0.1, 0.15) is 55.7 Å². The highest BCUT2D eigenvalue weighted by Gasteiger charge is 2.24. The minimum absolute atomic E-state index is 0.322. The van der Waals surface area contributed by atoms with E-state index in [1.165, 1.54) is 11.1 Å². The Morgan fingerprint density at radius 2 is 1.54 bits per heavy atom. The quantitative estimate of drug-likeness (QED) is 0.343. The third-order valence-electron chi connectivity index (χ3n) is 4.85. The van der Waals surface area contributed by atoms with Gasteiger partial charge in [-0.05, 0) is 60.8 Å². The van der Waals surface area contributed by atoms with E-state index in [1.807, 2.05) is 25.6 Å². The second kappa shape index (κ2) is 11.8. The Morgan fingerprint density at radius 1 is 0.929 bits per heavy atom. The lowest BCUT2D eigenvalue weighted by molar-refractivity contribution is 0.219. The van der Waals surface area contributed by atoms with Gasteiger partial charge in [-0.2, -0.15) is 11.8 Å². The van der Waals surface area contributed by atoms with E-state index in [9.17, 15) is 4.57 Å². The molecule has 0 aliphatic heterocycles. The summed E-state index contributed by atoms with van der Waals surface area (Å²) >= 11 is 1.88. The van der Waals surface area contributed by atoms with E-state index in [-0.39, 0.29) is 0 Å². The highest BCUT2D eigenvalue weighted by molar-refractivity contribution is 7.98. The van der Waals surface area contributed by atoms with Crippen LogP contribution in [0, 0.1) is 0 Å². The Hall–Kier alpha value is -1.06. The van der Waals surface area contributed by atoms with Gasteiger partial charge >= 0.3 is 7.60 Å². The summed E-state index contributed by atoms with van der Waals surface area (Å²) in [6.07, 6.45) is 3.60. The van der Waals surface area contributed by atoms with E-state index in [1.54, 1.807) is 0 Å². The summed E-state index contributed by atoms with van der Waals surface area (Å²) < 4.78 is 23.6. The molecule has 0 amide bonds. The molecule has 5 heteroatoms. The van der Waals surface area contributed by atoms with Crippen LogP contribution >= 0.6 is 19.4 Å². The molecule has 2 aromatic carbocycles. The molecular formula is C23H33O3PS. The van der Waals surface area contributed by atoms with Crippen molar-refractivity contribution in [2.75, 3.05) is 25.2 Å². The van der Waals surface area contributed by atoms with E-state index in [0.29, 0.717) is 31.2 Å². The van der Waals surface area contributed by atoms with Crippen molar-refractivity contribution in [3.8, 4) is 0 Å². The van der Waals surface area contributed by atoms with Crippen molar-refractivity contribution in [1.82, 2.24) is 0 Å². The van der Waals surface area contributed by atoms with E-state index in [2.05, 4.69) is 67.8 Å². The predicted molar refractivity (Wildman–Crippen MR) is 122 cm³/mol. The van der Waals surface area contributed by atoms with Crippen LogP contribution in [-0.2, 0) is 19.8 Å². The average molecular weight is 421 g/mol. The second-order valence-corrected chi connectivity index (χ2v) is 10.0. The standard InChI is InChI=1S/C23H33O3PS/c1-5-25-27(24,26-6-2)17-20-12-14-22(15-13-20)23(18-28-4)16-19(3)21-10-8-7-9-11-21/h7-15,19,23H,5-6,16-18H2,1-4H3. The number of hydrogen-bond donors (Lipinski definition) is 0. The summed E-state index contributed by atoms with van der Waals surface area (Å²) in [4.78, 5) is 0. The van der Waals surface area contributed by atoms with Gasteiger partial charge in [0.2, 0.25) is 0 Å². The molecule has 28 heavy (non-hydrogen) atoms. The van der Waals surface area contributed by atoms with Crippen LogP contribution in [0.4, 0.5) is 0 Å². The van der Waals surface area contributed by atoms with Crippen LogP contribution in [0.25, 0.3) is 0 Å². The molecule has 0 fully saturated rings. The van der Waals surface area contributed by atoms with Crippen molar-refractivity contribution in [1.29, 1.82) is 0 Å². The average Bonchev–Trinajstić information content (AvgIpc) is 2.69. The Balaban J connectivity index is 2.10. The fourth-order valence-electron chi connectivity index (χ4n) is 3.49. The molecule has 0 saturated heterocycles. The van der Waals surface area contributed by atoms with Crippen LogP contribution in [-0.4, -0.2) is 25.2 Å². The van der Waals surface area contributed by atoms with Gasteiger partial charge in [0.1, 0.15) is 0 Å². The summed E-state index contributed by atoms with van der Waals surface area (Å²) in [5, 5.41) is 0. The molecule has 154 valence electrons. The Labute approximate surface area is 174 Å². The normalized spacial score (nSPS) is 14.0. The molecule has 0 radical (unpaired) electrons. The zero-order valence-electron chi connectivity index (χ0n) is 17.5. The minimum atomic E-state index is -3.06. The second-order valence-electron chi connectivity index (χ2n) is 7.05. The van der Waals surface area contributed by atoms with Crippen LogP contribution in [0.5, 0.6) is 0 Å². The molecule has 0 aliphatic rings. The summed E-state index contributed by atoms with van der Waals surface area (Å²) in [5.41, 5.74) is 3.72. The monoisotopic (exact) mass is 420 g/mol. The topological polar surface area (TPSA) is 35.5 Å². The van der Waals surface area contributed by atoms with Crippen molar-refractivity contribution in [2.24, 2.45) is 0 Å². The maximum absolute atomic E-state index is 12.8. The molecule has 2 atom stereocenters. The first-order valence-corrected chi connectivity index (χ1v) is 13.1. The molecule has 0 spiro atoms. The van der Waals surface area contributed by atoms with Gasteiger partial charge in [-0.1, -0.05) is 61.5 Å². The van der Waals surface area contributed by atoms with E-state index < -0.39 is 7.60 Å². The number of hydrogen-bond acceptors (Lipinski definition) is 4. The molecule has 2 unspecified atom stereocenters. The first kappa shape index (κ1) is 23.2. The van der Waals surface area contributed by atoms with Crippen molar-refractivity contribution < 1.29 is 13.6 Å². The Kier molecular flexibility index (Phi) is 9.81. The summed E-state index contributed by atoms with van der Waals surface area (Å²) in [6.45, 7) is 6.77. The van der Waals surface area contributed by atoms with Gasteiger partial charge in [-0.3, -0.25) is 4.57 Å². The van der Waals surface area contributed by atoms with Gasteiger partial charge in [0.25, 0.3) is 0 Å². The Bertz CT molecular complexity index is 723. The fraction of sp³-hybridized carbons (Fsp3) is 0.478. The zero-order valence-corrected chi connectivity index (χ0v) is 19.2. The summed E-state index contributed by atoms with van der Waals surface area (Å²) in [5.74, 6) is 2.09. The maximum Gasteiger partial charge on any atom is 0.335 e. The molecule has 2 rings (SSSR count). The molecule has 0 heterocycles. The van der Waals surface area contributed by atoms with E-state index in [0.717, 1.165) is 17.7 Å². The zero-order chi connectivity index (χ0) is 20.4. The molecule has 0 N–H and O–H groups in total. The molecule has 2 aromatic rings. The van der Waals surface area contributed by atoms with Crippen molar-refractivity contribution >= 4 is 19.4 Å². The maximum atomic E-state index is 12.8. The van der Waals surface area contributed by atoms with E-state index in [4.69, 9.17) is 9.05 Å². The third kappa shape index (κ3) is 7.08. The van der Waals surface area contributed by atoms with Crippen LogP contribution < -0.4 is 0 Å². The lowest BCUT2D eigenvalue weighted by Crippen LogP contribution is -2.07. The lowest BCUT2D eigenvalue weighted by atomic mass is 9.87. The van der Waals surface area contributed by atoms with Gasteiger partial charge in [0, 0.05) is 0 Å². The first-order valence-electron chi connectivity index (χ1n) is 10.0. The Morgan fingerprint density at radius 3 is 2.07 bits per heavy atom. The summed E-state index contributed by atoms with van der Waals surface area (Å²) in [7, 11) is -3.06. The van der Waals surface area contributed by atoms with Gasteiger partial charge in [-0.15, -0.1) is 0 Å². The van der Waals surface area contributed by atoms with Gasteiger partial charge in [-0.25, -0.2) is 0 Å². The van der Waals surface area contributed by atoms with Gasteiger partial charge < -0.3 is 9.05 Å². The molecule has 3 nitrogen and oxygen atoms in total. The van der Waals surface area contributed by atoms with Crippen molar-refractivity contribution in [3.05, 3.63) is 71.3 Å². The van der Waals surface area contributed by atoms with Crippen molar-refractivity contribution in [2.45, 2.75) is 45.2 Å². The van der Waals surface area contributed by atoms with Crippen LogP contribution in [0.3, 0.4) is 0 Å². The highest BCUT2D eigenvalue weighted by Crippen LogP contribution is 2.51. The van der Waals surface area contributed by atoms with Gasteiger partial charge in [0.15, 0.2) is 0 Å². The van der Waals surface area contributed by atoms with Crippen LogP contribution in [0.2, 0.25) is 0 Å². The summed E-state index contributed by atoms with van der Waals surface area (Å²) in [6, 6.07) is 19.2. The lowest BCUT2D eigenvalue weighted by Gasteiger charge is -2.22. The molecule has 0 saturated carbocycles. The molecule has 0 bridgehead atoms. The molecular weight excluding hydrogens is 387 g/mol. The first-order chi connectivity index (χ1) is 13.5. The highest BCUT2D eigenvalue weighted by atomic mass is 32.2. The predicted octanol–water partition coefficient (Wildman–Crippen LogP) is 7.09. The number of rotatable bonds is 12. The molecule has 0 aliphatic carbocycles. The van der Waals surface area contributed by atoms with E-state index >= 15 is 0 Å². The molecule has 0 aromatic heterocycles. The minimum Gasteiger partial charge on any atom is -0.309 e. The van der Waals surface area contributed by atoms with Crippen LogP contribution in [0.15, 0.2) is 54.6 Å². The smallest absolute Gasteiger partial charge is 0.309 e. The largest absolute Gasteiger partial charge is 0.335 e. The third-order valence-corrected chi connectivity index (χ3v) is 7.64. The van der Waals surface area contributed by atoms with Crippen molar-refractivity contribution in [3.63, 3.8) is 0 Å². The number of benzene rings is 2. The van der Waals surface area contributed by atoms with Gasteiger partial charge in [0.05, 0.1) is 19.4 Å². The SMILES string of the molecule is CCOP(=O)(Cc1ccc(C(CSC)CC(C)c2ccccc2)cc1)OCC. The number of thioether (sulfide) groups is 1. The fourth-order valence-corrected chi connectivity index (χ4v) is 5.92.